The molecule has 192 valence electrons. The molecule has 1 N–H and O–H groups in total. The number of hydrogen-bond donors (Lipinski definition) is 1. The third kappa shape index (κ3) is 4.93. The molecule has 2 aromatic carbocycles. The summed E-state index contributed by atoms with van der Waals surface area (Å²) in [6, 6.07) is 13.5. The largest absolute Gasteiger partial charge is 0.497 e. The van der Waals surface area contributed by atoms with E-state index in [1.807, 2.05) is 61.9 Å². The molecule has 6 rings (SSSR count). The first kappa shape index (κ1) is 23.9. The van der Waals surface area contributed by atoms with Crippen LogP contribution >= 0.6 is 0 Å². The Morgan fingerprint density at radius 1 is 0.872 bits per heavy atom. The van der Waals surface area contributed by atoms with Crippen molar-refractivity contribution in [1.29, 1.82) is 0 Å². The molecule has 0 atom stereocenters. The van der Waals surface area contributed by atoms with E-state index in [-0.39, 0.29) is 0 Å². The molecule has 0 amide bonds. The first-order valence-corrected chi connectivity index (χ1v) is 12.1. The second kappa shape index (κ2) is 10.1. The molecule has 39 heavy (non-hydrogen) atoms. The number of rotatable bonds is 6. The van der Waals surface area contributed by atoms with Crippen LogP contribution in [0.25, 0.3) is 33.5 Å². The van der Waals surface area contributed by atoms with Crippen LogP contribution in [-0.2, 0) is 7.05 Å². The summed E-state index contributed by atoms with van der Waals surface area (Å²) in [4.78, 5) is 23.5. The molecule has 0 saturated carbocycles. The Kier molecular flexibility index (Phi) is 6.23. The van der Waals surface area contributed by atoms with Gasteiger partial charge in [-0.15, -0.1) is 0 Å². The highest BCUT2D eigenvalue weighted by Crippen LogP contribution is 2.34. The smallest absolute Gasteiger partial charge is 0.156 e. The Bertz CT molecular complexity index is 1840. The molecule has 4 heterocycles. The standard InChI is InChI=1S/C29H24N8O2/c1-36-18-19(15-33-36)28-17-31-25-7-6-21(13-27(25)35-28)37(22-11-23(38-2)14-24(12-22)39-3)10-4-5-20-16-32-29-26(34-20)8-9-30-29/h6-9,11-18H,10H2,1-3H3,(H,30,32). The second-order valence-corrected chi connectivity index (χ2v) is 8.76. The third-order valence-corrected chi connectivity index (χ3v) is 6.20. The molecule has 0 saturated heterocycles. The van der Waals surface area contributed by atoms with Gasteiger partial charge < -0.3 is 19.4 Å². The molecule has 10 heteroatoms. The zero-order valence-corrected chi connectivity index (χ0v) is 21.6. The summed E-state index contributed by atoms with van der Waals surface area (Å²) in [7, 11) is 5.13. The number of methoxy groups -OCH3 is 2. The van der Waals surface area contributed by atoms with Crippen LogP contribution in [0.3, 0.4) is 0 Å². The predicted molar refractivity (Wildman–Crippen MR) is 149 cm³/mol. The minimum atomic E-state index is 0.365. The van der Waals surface area contributed by atoms with Crippen molar-refractivity contribution in [3.8, 4) is 34.6 Å². The lowest BCUT2D eigenvalue weighted by atomic mass is 10.2. The van der Waals surface area contributed by atoms with Crippen LogP contribution in [0.15, 0.2) is 73.4 Å². The monoisotopic (exact) mass is 516 g/mol. The summed E-state index contributed by atoms with van der Waals surface area (Å²) >= 11 is 0. The van der Waals surface area contributed by atoms with Gasteiger partial charge in [0.05, 0.1) is 56.1 Å². The number of hydrogen-bond acceptors (Lipinski definition) is 8. The zero-order valence-electron chi connectivity index (χ0n) is 21.6. The molecule has 0 aliphatic heterocycles. The van der Waals surface area contributed by atoms with Crippen molar-refractivity contribution in [1.82, 2.24) is 34.7 Å². The maximum Gasteiger partial charge on any atom is 0.156 e. The fourth-order valence-corrected chi connectivity index (χ4v) is 4.24. The van der Waals surface area contributed by atoms with Gasteiger partial charge in [-0.05, 0) is 30.2 Å². The highest BCUT2D eigenvalue weighted by molar-refractivity contribution is 5.83. The minimum Gasteiger partial charge on any atom is -0.497 e. The summed E-state index contributed by atoms with van der Waals surface area (Å²) in [6.07, 6.45) is 8.92. The fourth-order valence-electron chi connectivity index (χ4n) is 4.24. The van der Waals surface area contributed by atoms with E-state index in [1.54, 1.807) is 37.5 Å². The minimum absolute atomic E-state index is 0.365. The summed E-state index contributed by atoms with van der Waals surface area (Å²) in [5, 5.41) is 4.25. The molecule has 0 radical (unpaired) electrons. The number of anilines is 2. The molecule has 6 aromatic rings. The van der Waals surface area contributed by atoms with Gasteiger partial charge in [-0.1, -0.05) is 5.92 Å². The molecule has 0 aliphatic carbocycles. The molecule has 4 aromatic heterocycles. The molecule has 0 spiro atoms. The number of H-pyrrole nitrogens is 1. The van der Waals surface area contributed by atoms with Crippen molar-refractivity contribution in [3.63, 3.8) is 0 Å². The lowest BCUT2D eigenvalue weighted by Gasteiger charge is -2.24. The van der Waals surface area contributed by atoms with Crippen LogP contribution in [0.4, 0.5) is 11.4 Å². The highest BCUT2D eigenvalue weighted by Gasteiger charge is 2.14. The predicted octanol–water partition coefficient (Wildman–Crippen LogP) is 4.51. The summed E-state index contributed by atoms with van der Waals surface area (Å²) in [6.45, 7) is 0.365. The van der Waals surface area contributed by atoms with Crippen molar-refractivity contribution < 1.29 is 9.47 Å². The Balaban J connectivity index is 1.41. The molecular formula is C29H24N8O2. The van der Waals surface area contributed by atoms with Crippen molar-refractivity contribution in [2.75, 3.05) is 25.7 Å². The molecule has 0 fully saturated rings. The maximum atomic E-state index is 5.53. The van der Waals surface area contributed by atoms with E-state index >= 15 is 0 Å². The van der Waals surface area contributed by atoms with Crippen molar-refractivity contribution in [3.05, 3.63) is 79.1 Å². The van der Waals surface area contributed by atoms with Gasteiger partial charge in [0.15, 0.2) is 5.65 Å². The number of nitrogens with zero attached hydrogens (tertiary/aromatic N) is 7. The summed E-state index contributed by atoms with van der Waals surface area (Å²) in [5.74, 6) is 7.74. The Hall–Kier alpha value is -5.43. The molecule has 0 bridgehead atoms. The molecule has 0 unspecified atom stereocenters. The number of aromatic nitrogens is 7. The van der Waals surface area contributed by atoms with Crippen molar-refractivity contribution in [2.24, 2.45) is 7.05 Å². The lowest BCUT2D eigenvalue weighted by Crippen LogP contribution is -2.17. The fraction of sp³-hybridized carbons (Fsp3) is 0.138. The SMILES string of the molecule is COc1cc(OC)cc(N(CC#Cc2cnc3[nH]ccc3n2)c2ccc3ncc(-c4cnn(C)c4)nc3c2)c1. The highest BCUT2D eigenvalue weighted by atomic mass is 16.5. The van der Waals surface area contributed by atoms with Crippen LogP contribution < -0.4 is 14.4 Å². The second-order valence-electron chi connectivity index (χ2n) is 8.76. The van der Waals surface area contributed by atoms with Gasteiger partial charge in [0.25, 0.3) is 0 Å². The van der Waals surface area contributed by atoms with Crippen molar-refractivity contribution in [2.45, 2.75) is 0 Å². The van der Waals surface area contributed by atoms with E-state index in [9.17, 15) is 0 Å². The molecule has 0 aliphatic rings. The number of aromatic amines is 1. The first-order chi connectivity index (χ1) is 19.1. The van der Waals surface area contributed by atoms with E-state index in [2.05, 4.69) is 41.8 Å². The maximum absolute atomic E-state index is 5.53. The Morgan fingerprint density at radius 2 is 1.72 bits per heavy atom. The van der Waals surface area contributed by atoms with Gasteiger partial charge in [0.2, 0.25) is 0 Å². The van der Waals surface area contributed by atoms with Gasteiger partial charge in [0.1, 0.15) is 22.7 Å². The summed E-state index contributed by atoms with van der Waals surface area (Å²) in [5.41, 5.74) is 7.03. The van der Waals surface area contributed by atoms with Crippen LogP contribution in [0, 0.1) is 11.8 Å². The van der Waals surface area contributed by atoms with E-state index < -0.39 is 0 Å². The van der Waals surface area contributed by atoms with Crippen molar-refractivity contribution >= 4 is 33.6 Å². The first-order valence-electron chi connectivity index (χ1n) is 12.1. The molecule has 10 nitrogen and oxygen atoms in total. The van der Waals surface area contributed by atoms with Crippen LogP contribution in [0.1, 0.15) is 5.69 Å². The third-order valence-electron chi connectivity index (χ3n) is 6.20. The van der Waals surface area contributed by atoms with Gasteiger partial charge in [-0.2, -0.15) is 5.10 Å². The van der Waals surface area contributed by atoms with Gasteiger partial charge in [-0.25, -0.2) is 15.0 Å². The Labute approximate surface area is 224 Å². The van der Waals surface area contributed by atoms with E-state index in [0.29, 0.717) is 23.7 Å². The van der Waals surface area contributed by atoms with E-state index in [1.165, 1.54) is 0 Å². The average Bonchev–Trinajstić information content (AvgIpc) is 3.63. The van der Waals surface area contributed by atoms with E-state index in [4.69, 9.17) is 14.5 Å². The topological polar surface area (TPSA) is 107 Å². The Morgan fingerprint density at radius 3 is 2.49 bits per heavy atom. The van der Waals surface area contributed by atoms with Gasteiger partial charge in [-0.3, -0.25) is 9.67 Å². The van der Waals surface area contributed by atoms with Gasteiger partial charge in [0, 0.05) is 54.6 Å². The quantitative estimate of drug-likeness (QED) is 0.322. The lowest BCUT2D eigenvalue weighted by molar-refractivity contribution is 0.394. The zero-order chi connectivity index (χ0) is 26.8. The van der Waals surface area contributed by atoms with Crippen LogP contribution in [0.5, 0.6) is 11.5 Å². The number of nitrogens with one attached hydrogen (secondary N) is 1. The van der Waals surface area contributed by atoms with Crippen LogP contribution in [0.2, 0.25) is 0 Å². The number of fused-ring (bicyclic) bond motifs is 2. The van der Waals surface area contributed by atoms with E-state index in [0.717, 1.165) is 44.8 Å². The van der Waals surface area contributed by atoms with Crippen LogP contribution in [-0.4, -0.2) is 55.5 Å². The molecular weight excluding hydrogens is 492 g/mol. The number of aryl methyl sites for hydroxylation is 1. The van der Waals surface area contributed by atoms with Gasteiger partial charge >= 0.3 is 0 Å². The normalized spacial score (nSPS) is 10.8. The average molecular weight is 517 g/mol. The number of ether oxygens (including phenoxy) is 2. The number of benzene rings is 2. The summed E-state index contributed by atoms with van der Waals surface area (Å²) < 4.78 is 12.8.